The molecule has 0 amide bonds. The van der Waals surface area contributed by atoms with E-state index < -0.39 is 0 Å². The van der Waals surface area contributed by atoms with Crippen LogP contribution in [0, 0.1) is 0 Å². The molecule has 2 aromatic rings. The summed E-state index contributed by atoms with van der Waals surface area (Å²) < 4.78 is 0. The molecule has 1 aliphatic heterocycles. The first-order valence-electron chi connectivity index (χ1n) is 7.75. The molecule has 2 aromatic carbocycles. The van der Waals surface area contributed by atoms with Gasteiger partial charge in [0.15, 0.2) is 0 Å². The molecule has 21 heavy (non-hydrogen) atoms. The van der Waals surface area contributed by atoms with E-state index in [-0.39, 0.29) is 0 Å². The highest BCUT2D eigenvalue weighted by Crippen LogP contribution is 2.46. The minimum absolute atomic E-state index is 0.522. The van der Waals surface area contributed by atoms with E-state index >= 15 is 0 Å². The Morgan fingerprint density at radius 1 is 0.905 bits per heavy atom. The van der Waals surface area contributed by atoms with Crippen LogP contribution in [0.4, 0.5) is 11.4 Å². The number of anilines is 2. The number of benzene rings is 2. The maximum Gasteiger partial charge on any atom is 0.0447 e. The van der Waals surface area contributed by atoms with Gasteiger partial charge in [-0.1, -0.05) is 36.4 Å². The van der Waals surface area contributed by atoms with Crippen molar-refractivity contribution in [2.45, 2.75) is 18.8 Å². The molecule has 0 aromatic heterocycles. The summed E-state index contributed by atoms with van der Waals surface area (Å²) in [6, 6.07) is 17.7. The summed E-state index contributed by atoms with van der Waals surface area (Å²) in [6.45, 7) is 1.15. The van der Waals surface area contributed by atoms with Gasteiger partial charge in [-0.25, -0.2) is 0 Å². The van der Waals surface area contributed by atoms with Crippen LogP contribution < -0.4 is 4.90 Å². The van der Waals surface area contributed by atoms with Crippen LogP contribution >= 0.6 is 0 Å². The van der Waals surface area contributed by atoms with Gasteiger partial charge in [-0.15, -0.1) is 0 Å². The Labute approximate surface area is 128 Å². The fourth-order valence-electron chi connectivity index (χ4n) is 3.40. The molecule has 0 unspecified atom stereocenters. The predicted molar refractivity (Wildman–Crippen MR) is 90.6 cm³/mol. The summed E-state index contributed by atoms with van der Waals surface area (Å²) in [6.07, 6.45) is 2.43. The molecule has 0 saturated heterocycles. The van der Waals surface area contributed by atoms with E-state index in [1.54, 1.807) is 0 Å². The zero-order valence-corrected chi connectivity index (χ0v) is 13.2. The standard InChI is InChI=1S/C19H24N2/c1-20(2)14-8-11-15-16-9-4-6-12-18(16)21(3)19-13-7-5-10-17(15)19/h4-7,9-10,12-13,15H,8,11,14H2,1-3H3. The van der Waals surface area contributed by atoms with Gasteiger partial charge < -0.3 is 9.80 Å². The SMILES string of the molecule is CN(C)CCCC1c2ccccc2N(C)c2ccccc21. The van der Waals surface area contributed by atoms with E-state index in [1.807, 2.05) is 0 Å². The quantitative estimate of drug-likeness (QED) is 0.826. The van der Waals surface area contributed by atoms with Crippen molar-refractivity contribution in [2.75, 3.05) is 32.6 Å². The lowest BCUT2D eigenvalue weighted by Crippen LogP contribution is -2.22. The molecule has 1 heterocycles. The molecular formula is C19H24N2. The van der Waals surface area contributed by atoms with Crippen molar-refractivity contribution in [3.63, 3.8) is 0 Å². The molecule has 0 N–H and O–H groups in total. The Balaban J connectivity index is 1.97. The third kappa shape index (κ3) is 2.68. The third-order valence-corrected chi connectivity index (χ3v) is 4.45. The van der Waals surface area contributed by atoms with Crippen molar-refractivity contribution in [2.24, 2.45) is 0 Å². The van der Waals surface area contributed by atoms with Gasteiger partial charge in [0.1, 0.15) is 0 Å². The van der Waals surface area contributed by atoms with Gasteiger partial charge in [0.2, 0.25) is 0 Å². The number of rotatable bonds is 4. The van der Waals surface area contributed by atoms with E-state index in [1.165, 1.54) is 35.3 Å². The number of hydrogen-bond acceptors (Lipinski definition) is 2. The summed E-state index contributed by atoms with van der Waals surface area (Å²) in [5, 5.41) is 0. The van der Waals surface area contributed by atoms with Crippen molar-refractivity contribution in [1.82, 2.24) is 4.90 Å². The highest BCUT2D eigenvalue weighted by molar-refractivity contribution is 5.75. The van der Waals surface area contributed by atoms with Gasteiger partial charge in [0.05, 0.1) is 0 Å². The summed E-state index contributed by atoms with van der Waals surface area (Å²) in [7, 11) is 6.47. The van der Waals surface area contributed by atoms with Crippen LogP contribution in [0.25, 0.3) is 0 Å². The first-order chi connectivity index (χ1) is 10.2. The van der Waals surface area contributed by atoms with Gasteiger partial charge in [-0.3, -0.25) is 0 Å². The Bertz CT molecular complexity index is 571. The number of para-hydroxylation sites is 2. The first-order valence-corrected chi connectivity index (χ1v) is 7.75. The molecule has 0 bridgehead atoms. The molecule has 0 atom stereocenters. The van der Waals surface area contributed by atoms with Gasteiger partial charge in [0.25, 0.3) is 0 Å². The molecule has 2 heteroatoms. The smallest absolute Gasteiger partial charge is 0.0447 e. The van der Waals surface area contributed by atoms with Gasteiger partial charge in [-0.05, 0) is 56.7 Å². The van der Waals surface area contributed by atoms with Crippen LogP contribution in [0.2, 0.25) is 0 Å². The van der Waals surface area contributed by atoms with Crippen LogP contribution in [0.5, 0.6) is 0 Å². The Kier molecular flexibility index (Phi) is 3.98. The molecule has 3 rings (SSSR count). The Morgan fingerprint density at radius 2 is 1.43 bits per heavy atom. The molecular weight excluding hydrogens is 256 g/mol. The molecule has 2 nitrogen and oxygen atoms in total. The fourth-order valence-corrected chi connectivity index (χ4v) is 3.40. The predicted octanol–water partition coefficient (Wildman–Crippen LogP) is 4.24. The number of fused-ring (bicyclic) bond motifs is 2. The van der Waals surface area contributed by atoms with E-state index in [0.717, 1.165) is 6.54 Å². The highest BCUT2D eigenvalue weighted by Gasteiger charge is 2.27. The topological polar surface area (TPSA) is 6.48 Å². The molecule has 0 spiro atoms. The van der Waals surface area contributed by atoms with Crippen LogP contribution in [-0.4, -0.2) is 32.6 Å². The van der Waals surface area contributed by atoms with Gasteiger partial charge in [0, 0.05) is 24.3 Å². The Hall–Kier alpha value is -1.80. The second-order valence-electron chi connectivity index (χ2n) is 6.17. The monoisotopic (exact) mass is 280 g/mol. The van der Waals surface area contributed by atoms with Gasteiger partial charge >= 0.3 is 0 Å². The second-order valence-corrected chi connectivity index (χ2v) is 6.17. The summed E-state index contributed by atoms with van der Waals surface area (Å²) in [5.41, 5.74) is 5.65. The fraction of sp³-hybridized carbons (Fsp3) is 0.368. The molecule has 110 valence electrons. The lowest BCUT2D eigenvalue weighted by atomic mass is 9.82. The highest BCUT2D eigenvalue weighted by atomic mass is 15.1. The molecule has 0 radical (unpaired) electrons. The van der Waals surface area contributed by atoms with Crippen LogP contribution in [0.15, 0.2) is 48.5 Å². The lowest BCUT2D eigenvalue weighted by Gasteiger charge is -2.35. The zero-order valence-electron chi connectivity index (χ0n) is 13.2. The summed E-state index contributed by atoms with van der Waals surface area (Å²) in [4.78, 5) is 4.60. The molecule has 0 saturated carbocycles. The molecule has 0 fully saturated rings. The maximum atomic E-state index is 2.33. The zero-order chi connectivity index (χ0) is 14.8. The van der Waals surface area contributed by atoms with Crippen molar-refractivity contribution < 1.29 is 0 Å². The van der Waals surface area contributed by atoms with Crippen molar-refractivity contribution in [1.29, 1.82) is 0 Å². The lowest BCUT2D eigenvalue weighted by molar-refractivity contribution is 0.389. The minimum atomic E-state index is 0.522. The van der Waals surface area contributed by atoms with E-state index in [9.17, 15) is 0 Å². The van der Waals surface area contributed by atoms with Crippen molar-refractivity contribution in [3.05, 3.63) is 59.7 Å². The summed E-state index contributed by atoms with van der Waals surface area (Å²) >= 11 is 0. The van der Waals surface area contributed by atoms with Crippen molar-refractivity contribution >= 4 is 11.4 Å². The largest absolute Gasteiger partial charge is 0.344 e. The molecule has 1 aliphatic rings. The Morgan fingerprint density at radius 3 is 1.95 bits per heavy atom. The third-order valence-electron chi connectivity index (χ3n) is 4.45. The summed E-state index contributed by atoms with van der Waals surface area (Å²) in [5.74, 6) is 0.522. The van der Waals surface area contributed by atoms with Crippen molar-refractivity contribution in [3.8, 4) is 0 Å². The number of nitrogens with zero attached hydrogens (tertiary/aromatic N) is 2. The van der Waals surface area contributed by atoms with Gasteiger partial charge in [-0.2, -0.15) is 0 Å². The van der Waals surface area contributed by atoms with E-state index in [4.69, 9.17) is 0 Å². The molecule has 0 aliphatic carbocycles. The maximum absolute atomic E-state index is 2.33. The average Bonchev–Trinajstić information content (AvgIpc) is 2.50. The second kappa shape index (κ2) is 5.90. The average molecular weight is 280 g/mol. The van der Waals surface area contributed by atoms with E-state index in [2.05, 4.69) is 79.5 Å². The minimum Gasteiger partial charge on any atom is -0.344 e. The first kappa shape index (κ1) is 14.2. The van der Waals surface area contributed by atoms with Crippen LogP contribution in [0.1, 0.15) is 29.9 Å². The van der Waals surface area contributed by atoms with Crippen LogP contribution in [0.3, 0.4) is 0 Å². The van der Waals surface area contributed by atoms with Crippen LogP contribution in [-0.2, 0) is 0 Å². The normalized spacial score (nSPS) is 14.2. The van der Waals surface area contributed by atoms with E-state index in [0.29, 0.717) is 5.92 Å². The number of hydrogen-bond donors (Lipinski definition) is 0.